The maximum absolute atomic E-state index is 4.26. The topological polar surface area (TPSA) is 30.7 Å². The van der Waals surface area contributed by atoms with E-state index in [2.05, 4.69) is 26.0 Å². The lowest BCUT2D eigenvalue weighted by molar-refractivity contribution is 0.613. The number of hydrogen-bond acceptors (Lipinski definition) is 3. The Morgan fingerprint density at radius 3 is 3.00 bits per heavy atom. The Balaban J connectivity index is 1.98. The summed E-state index contributed by atoms with van der Waals surface area (Å²) >= 11 is 5.04. The molecule has 0 spiro atoms. The number of thiazole rings is 1. The van der Waals surface area contributed by atoms with E-state index in [9.17, 15) is 0 Å². The van der Waals surface area contributed by atoms with Crippen LogP contribution in [-0.4, -0.2) is 14.8 Å². The third-order valence-electron chi connectivity index (χ3n) is 2.02. The fourth-order valence-electron chi connectivity index (χ4n) is 1.24. The predicted molar refractivity (Wildman–Crippen MR) is 60.5 cm³/mol. The van der Waals surface area contributed by atoms with Crippen LogP contribution in [0, 0.1) is 6.92 Å². The van der Waals surface area contributed by atoms with E-state index < -0.39 is 0 Å². The smallest absolute Gasteiger partial charge is 0.128 e. The van der Waals surface area contributed by atoms with Gasteiger partial charge in [0, 0.05) is 24.0 Å². The highest BCUT2D eigenvalue weighted by atomic mass is 79.9. The Kier molecular flexibility index (Phi) is 2.98. The van der Waals surface area contributed by atoms with Crippen LogP contribution in [-0.2, 0) is 13.0 Å². The molecule has 0 amide bonds. The van der Waals surface area contributed by atoms with Gasteiger partial charge in [-0.05, 0) is 28.9 Å². The van der Waals surface area contributed by atoms with Crippen molar-refractivity contribution in [1.82, 2.24) is 14.8 Å². The summed E-state index contributed by atoms with van der Waals surface area (Å²) < 4.78 is 2.82. The summed E-state index contributed by atoms with van der Waals surface area (Å²) in [5.41, 5.74) is 3.03. The maximum Gasteiger partial charge on any atom is 0.128 e. The van der Waals surface area contributed by atoms with Gasteiger partial charge in [0.15, 0.2) is 0 Å². The average molecular weight is 272 g/mol. The van der Waals surface area contributed by atoms with Crippen LogP contribution in [0.4, 0.5) is 0 Å². The molecule has 2 aromatic rings. The molecule has 2 aromatic heterocycles. The van der Waals surface area contributed by atoms with Crippen molar-refractivity contribution in [3.05, 3.63) is 32.9 Å². The van der Waals surface area contributed by atoms with Gasteiger partial charge < -0.3 is 0 Å². The minimum Gasteiger partial charge on any atom is -0.271 e. The minimum atomic E-state index is 0.888. The van der Waals surface area contributed by atoms with Crippen molar-refractivity contribution in [2.75, 3.05) is 0 Å². The molecule has 0 aliphatic carbocycles. The molecular weight excluding hydrogens is 262 g/mol. The van der Waals surface area contributed by atoms with Crippen molar-refractivity contribution in [1.29, 1.82) is 0 Å². The molecule has 5 heteroatoms. The van der Waals surface area contributed by atoms with Crippen LogP contribution in [0.3, 0.4) is 0 Å². The first kappa shape index (κ1) is 9.86. The molecular formula is C9H10BrN3S. The molecule has 74 valence electrons. The zero-order valence-electron chi connectivity index (χ0n) is 7.77. The van der Waals surface area contributed by atoms with E-state index in [1.165, 1.54) is 4.88 Å². The molecule has 0 bridgehead atoms. The molecule has 0 aromatic carbocycles. The quantitative estimate of drug-likeness (QED) is 0.860. The Morgan fingerprint density at radius 2 is 2.43 bits per heavy atom. The van der Waals surface area contributed by atoms with Gasteiger partial charge >= 0.3 is 0 Å². The van der Waals surface area contributed by atoms with E-state index in [1.807, 2.05) is 29.4 Å². The second-order valence-electron chi connectivity index (χ2n) is 3.01. The SMILES string of the molecule is Cc1ncsc1CCn1ccc(Br)n1. The first-order valence-electron chi connectivity index (χ1n) is 4.33. The Morgan fingerprint density at radius 1 is 1.57 bits per heavy atom. The van der Waals surface area contributed by atoms with Crippen LogP contribution in [0.25, 0.3) is 0 Å². The fourth-order valence-corrected chi connectivity index (χ4v) is 2.34. The zero-order valence-corrected chi connectivity index (χ0v) is 10.2. The van der Waals surface area contributed by atoms with E-state index >= 15 is 0 Å². The molecule has 0 aliphatic rings. The van der Waals surface area contributed by atoms with Crippen molar-refractivity contribution in [3.63, 3.8) is 0 Å². The molecule has 0 aliphatic heterocycles. The Labute approximate surface area is 94.9 Å². The fraction of sp³-hybridized carbons (Fsp3) is 0.333. The van der Waals surface area contributed by atoms with Gasteiger partial charge in [-0.15, -0.1) is 11.3 Å². The third kappa shape index (κ3) is 2.22. The summed E-state index contributed by atoms with van der Waals surface area (Å²) in [7, 11) is 0. The van der Waals surface area contributed by atoms with Crippen LogP contribution in [0.2, 0.25) is 0 Å². The van der Waals surface area contributed by atoms with Gasteiger partial charge in [-0.2, -0.15) is 5.10 Å². The van der Waals surface area contributed by atoms with Gasteiger partial charge in [0.2, 0.25) is 0 Å². The van der Waals surface area contributed by atoms with Crippen molar-refractivity contribution in [3.8, 4) is 0 Å². The number of nitrogens with zero attached hydrogens (tertiary/aromatic N) is 3. The summed E-state index contributed by atoms with van der Waals surface area (Å²) in [5, 5.41) is 4.26. The predicted octanol–water partition coefficient (Wildman–Crippen LogP) is 2.65. The molecule has 0 saturated heterocycles. The van der Waals surface area contributed by atoms with Crippen LogP contribution in [0.5, 0.6) is 0 Å². The van der Waals surface area contributed by atoms with Gasteiger partial charge in [0.1, 0.15) is 4.60 Å². The van der Waals surface area contributed by atoms with Crippen LogP contribution in [0.1, 0.15) is 10.6 Å². The second-order valence-corrected chi connectivity index (χ2v) is 4.76. The Hall–Kier alpha value is -0.680. The van der Waals surface area contributed by atoms with Gasteiger partial charge in [-0.25, -0.2) is 4.98 Å². The largest absolute Gasteiger partial charge is 0.271 e. The average Bonchev–Trinajstić information content (AvgIpc) is 2.72. The van der Waals surface area contributed by atoms with E-state index in [4.69, 9.17) is 0 Å². The highest BCUT2D eigenvalue weighted by Crippen LogP contribution is 2.13. The molecule has 0 N–H and O–H groups in total. The molecule has 2 rings (SSSR count). The van der Waals surface area contributed by atoms with Crippen molar-refractivity contribution in [2.24, 2.45) is 0 Å². The van der Waals surface area contributed by atoms with Crippen LogP contribution >= 0.6 is 27.3 Å². The van der Waals surface area contributed by atoms with Crippen molar-refractivity contribution < 1.29 is 0 Å². The molecule has 14 heavy (non-hydrogen) atoms. The molecule has 3 nitrogen and oxygen atoms in total. The molecule has 0 unspecified atom stereocenters. The summed E-state index contributed by atoms with van der Waals surface area (Å²) in [6.45, 7) is 2.96. The highest BCUT2D eigenvalue weighted by molar-refractivity contribution is 9.10. The third-order valence-corrected chi connectivity index (χ3v) is 3.44. The minimum absolute atomic E-state index is 0.888. The van der Waals surface area contributed by atoms with E-state index in [-0.39, 0.29) is 0 Å². The van der Waals surface area contributed by atoms with Crippen molar-refractivity contribution in [2.45, 2.75) is 19.9 Å². The van der Waals surface area contributed by atoms with Crippen LogP contribution in [0.15, 0.2) is 22.4 Å². The molecule has 0 saturated carbocycles. The number of hydrogen-bond donors (Lipinski definition) is 0. The first-order chi connectivity index (χ1) is 6.75. The first-order valence-corrected chi connectivity index (χ1v) is 6.01. The molecule has 2 heterocycles. The molecule has 0 fully saturated rings. The van der Waals surface area contributed by atoms with Crippen molar-refractivity contribution >= 4 is 27.3 Å². The monoisotopic (exact) mass is 271 g/mol. The normalized spacial score (nSPS) is 10.7. The van der Waals surface area contributed by atoms with Gasteiger partial charge in [-0.3, -0.25) is 4.68 Å². The zero-order chi connectivity index (χ0) is 9.97. The van der Waals surface area contributed by atoms with Gasteiger partial charge in [0.25, 0.3) is 0 Å². The Bertz CT molecular complexity index is 421. The summed E-state index contributed by atoms with van der Waals surface area (Å²) in [4.78, 5) is 5.56. The second kappa shape index (κ2) is 4.23. The molecule has 0 atom stereocenters. The van der Waals surface area contributed by atoms with Gasteiger partial charge in [-0.1, -0.05) is 0 Å². The van der Waals surface area contributed by atoms with E-state index in [0.29, 0.717) is 0 Å². The summed E-state index contributed by atoms with van der Waals surface area (Å²) in [6, 6.07) is 1.94. The number of halogens is 1. The van der Waals surface area contributed by atoms with E-state index in [1.54, 1.807) is 11.3 Å². The van der Waals surface area contributed by atoms with Crippen LogP contribution < -0.4 is 0 Å². The number of aromatic nitrogens is 3. The lowest BCUT2D eigenvalue weighted by Gasteiger charge is -1.99. The van der Waals surface area contributed by atoms with Gasteiger partial charge in [0.05, 0.1) is 11.2 Å². The summed E-state index contributed by atoms with van der Waals surface area (Å²) in [5.74, 6) is 0. The van der Waals surface area contributed by atoms with E-state index in [0.717, 1.165) is 23.3 Å². The standard InChI is InChI=1S/C9H10BrN3S/c1-7-8(14-6-11-7)2-4-13-5-3-9(10)12-13/h3,5-6H,2,4H2,1H3. The highest BCUT2D eigenvalue weighted by Gasteiger charge is 2.02. The lowest BCUT2D eigenvalue weighted by atomic mass is 10.3. The lowest BCUT2D eigenvalue weighted by Crippen LogP contribution is -2.01. The number of rotatable bonds is 3. The molecule has 0 radical (unpaired) electrons. The maximum atomic E-state index is 4.26. The number of aryl methyl sites for hydroxylation is 3. The summed E-state index contributed by atoms with van der Waals surface area (Å²) in [6.07, 6.45) is 2.98.